The summed E-state index contributed by atoms with van der Waals surface area (Å²) in [5.74, 6) is 0.497. The number of hydrogen-bond acceptors (Lipinski definition) is 5. The number of nitrogens with one attached hydrogen (secondary N) is 2. The molecular weight excluding hydrogens is 358 g/mol. The predicted octanol–water partition coefficient (Wildman–Crippen LogP) is 2.85. The first kappa shape index (κ1) is 21.2. The molecule has 0 heterocycles. The molecule has 28 heavy (non-hydrogen) atoms. The number of amides is 2. The van der Waals surface area contributed by atoms with Gasteiger partial charge < -0.3 is 25.0 Å². The third-order valence-corrected chi connectivity index (χ3v) is 3.83. The molecule has 0 aliphatic rings. The molecule has 0 aromatic heterocycles. The molecule has 0 aliphatic heterocycles. The first-order chi connectivity index (χ1) is 13.5. The largest absolute Gasteiger partial charge is 0.491 e. The Labute approximate surface area is 165 Å². The minimum atomic E-state index is -0.168. The minimum Gasteiger partial charge on any atom is -0.491 e. The second-order valence-corrected chi connectivity index (χ2v) is 6.25. The molecule has 2 aromatic carbocycles. The Balaban J connectivity index is 1.77. The molecule has 0 fully saturated rings. The van der Waals surface area contributed by atoms with E-state index in [1.807, 2.05) is 6.92 Å². The Bertz CT molecular complexity index is 758. The van der Waals surface area contributed by atoms with Crippen LogP contribution in [-0.4, -0.2) is 57.2 Å². The van der Waals surface area contributed by atoms with Gasteiger partial charge in [0.1, 0.15) is 12.4 Å². The zero-order chi connectivity index (χ0) is 20.4. The lowest BCUT2D eigenvalue weighted by atomic mass is 10.2. The SMILES string of the molecule is CCOCCOc1ccc(NC(=O)CNc2ccc(C(=O)N(C)C)cc2)cc1. The molecule has 0 bridgehead atoms. The van der Waals surface area contributed by atoms with Gasteiger partial charge in [-0.05, 0) is 55.5 Å². The zero-order valence-corrected chi connectivity index (χ0v) is 16.5. The fraction of sp³-hybridized carbons (Fsp3) is 0.333. The maximum absolute atomic E-state index is 12.1. The molecule has 0 saturated heterocycles. The van der Waals surface area contributed by atoms with Crippen molar-refractivity contribution >= 4 is 23.2 Å². The van der Waals surface area contributed by atoms with Crippen LogP contribution in [0, 0.1) is 0 Å². The third-order valence-electron chi connectivity index (χ3n) is 3.83. The molecule has 2 rings (SSSR count). The number of anilines is 2. The number of carbonyl (C=O) groups excluding carboxylic acids is 2. The number of ether oxygens (including phenoxy) is 2. The van der Waals surface area contributed by atoms with Crippen molar-refractivity contribution in [3.63, 3.8) is 0 Å². The fourth-order valence-corrected chi connectivity index (χ4v) is 2.37. The molecule has 0 unspecified atom stereocenters. The van der Waals surface area contributed by atoms with E-state index in [4.69, 9.17) is 9.47 Å². The van der Waals surface area contributed by atoms with Crippen LogP contribution in [0.15, 0.2) is 48.5 Å². The summed E-state index contributed by atoms with van der Waals surface area (Å²) in [6, 6.07) is 14.2. The van der Waals surface area contributed by atoms with Crippen LogP contribution < -0.4 is 15.4 Å². The van der Waals surface area contributed by atoms with Gasteiger partial charge in [-0.2, -0.15) is 0 Å². The van der Waals surface area contributed by atoms with Crippen LogP contribution >= 0.6 is 0 Å². The van der Waals surface area contributed by atoms with Crippen LogP contribution in [0.4, 0.5) is 11.4 Å². The van der Waals surface area contributed by atoms with Gasteiger partial charge in [-0.25, -0.2) is 0 Å². The number of nitrogens with zero attached hydrogens (tertiary/aromatic N) is 1. The second-order valence-electron chi connectivity index (χ2n) is 6.25. The van der Waals surface area contributed by atoms with Gasteiger partial charge in [-0.3, -0.25) is 9.59 Å². The number of rotatable bonds is 10. The molecule has 150 valence electrons. The summed E-state index contributed by atoms with van der Waals surface area (Å²) in [5, 5.41) is 5.85. The van der Waals surface area contributed by atoms with E-state index >= 15 is 0 Å². The van der Waals surface area contributed by atoms with E-state index in [1.165, 1.54) is 4.90 Å². The van der Waals surface area contributed by atoms with Gasteiger partial charge in [0.05, 0.1) is 13.2 Å². The van der Waals surface area contributed by atoms with E-state index in [9.17, 15) is 9.59 Å². The summed E-state index contributed by atoms with van der Waals surface area (Å²) >= 11 is 0. The van der Waals surface area contributed by atoms with Gasteiger partial charge in [-0.1, -0.05) is 0 Å². The van der Waals surface area contributed by atoms with E-state index in [1.54, 1.807) is 62.6 Å². The topological polar surface area (TPSA) is 79.9 Å². The lowest BCUT2D eigenvalue weighted by Crippen LogP contribution is -2.22. The van der Waals surface area contributed by atoms with Gasteiger partial charge in [0.25, 0.3) is 5.91 Å². The molecule has 0 atom stereocenters. The average Bonchev–Trinajstić information content (AvgIpc) is 2.70. The van der Waals surface area contributed by atoms with Crippen LogP contribution in [0.25, 0.3) is 0 Å². The van der Waals surface area contributed by atoms with Crippen molar-refractivity contribution in [2.24, 2.45) is 0 Å². The highest BCUT2D eigenvalue weighted by molar-refractivity contribution is 5.95. The first-order valence-electron chi connectivity index (χ1n) is 9.15. The average molecular weight is 385 g/mol. The molecule has 2 aromatic rings. The Morgan fingerprint density at radius 1 is 0.929 bits per heavy atom. The van der Waals surface area contributed by atoms with Crippen molar-refractivity contribution < 1.29 is 19.1 Å². The molecular formula is C21H27N3O4. The lowest BCUT2D eigenvalue weighted by Gasteiger charge is -2.11. The summed E-state index contributed by atoms with van der Waals surface area (Å²) in [6.07, 6.45) is 0. The lowest BCUT2D eigenvalue weighted by molar-refractivity contribution is -0.114. The van der Waals surface area contributed by atoms with Crippen molar-refractivity contribution in [1.29, 1.82) is 0 Å². The molecule has 2 N–H and O–H groups in total. The Morgan fingerprint density at radius 3 is 2.18 bits per heavy atom. The zero-order valence-electron chi connectivity index (χ0n) is 16.5. The van der Waals surface area contributed by atoms with E-state index in [2.05, 4.69) is 10.6 Å². The van der Waals surface area contributed by atoms with Gasteiger partial charge in [0.15, 0.2) is 0 Å². The van der Waals surface area contributed by atoms with Gasteiger partial charge >= 0.3 is 0 Å². The molecule has 0 aliphatic carbocycles. The van der Waals surface area contributed by atoms with Crippen LogP contribution in [0.1, 0.15) is 17.3 Å². The molecule has 0 saturated carbocycles. The Hall–Kier alpha value is -3.06. The van der Waals surface area contributed by atoms with E-state index in [0.717, 1.165) is 11.4 Å². The summed E-state index contributed by atoms with van der Waals surface area (Å²) in [6.45, 7) is 3.76. The smallest absolute Gasteiger partial charge is 0.253 e. The van der Waals surface area contributed by atoms with E-state index in [0.29, 0.717) is 31.1 Å². The minimum absolute atomic E-state index is 0.0605. The summed E-state index contributed by atoms with van der Waals surface area (Å²) in [5.41, 5.74) is 2.06. The highest BCUT2D eigenvalue weighted by Gasteiger charge is 2.08. The Morgan fingerprint density at radius 2 is 1.57 bits per heavy atom. The van der Waals surface area contributed by atoms with Gasteiger partial charge in [0, 0.05) is 37.6 Å². The van der Waals surface area contributed by atoms with Crippen molar-refractivity contribution in [1.82, 2.24) is 4.90 Å². The summed E-state index contributed by atoms with van der Waals surface area (Å²) in [4.78, 5) is 25.5. The number of carbonyl (C=O) groups is 2. The molecule has 0 spiro atoms. The van der Waals surface area contributed by atoms with Crippen LogP contribution in [0.3, 0.4) is 0 Å². The van der Waals surface area contributed by atoms with E-state index < -0.39 is 0 Å². The number of hydrogen-bond donors (Lipinski definition) is 2. The molecule has 2 amide bonds. The second kappa shape index (κ2) is 10.9. The van der Waals surface area contributed by atoms with Crippen molar-refractivity contribution in [2.75, 3.05) is 51.1 Å². The molecule has 7 heteroatoms. The highest BCUT2D eigenvalue weighted by Crippen LogP contribution is 2.16. The number of benzene rings is 2. The third kappa shape index (κ3) is 6.92. The normalized spacial score (nSPS) is 10.2. The van der Waals surface area contributed by atoms with Crippen molar-refractivity contribution in [2.45, 2.75) is 6.92 Å². The maximum atomic E-state index is 12.1. The summed E-state index contributed by atoms with van der Waals surface area (Å²) in [7, 11) is 3.41. The van der Waals surface area contributed by atoms with Crippen molar-refractivity contribution in [3.8, 4) is 5.75 Å². The summed E-state index contributed by atoms with van der Waals surface area (Å²) < 4.78 is 10.8. The van der Waals surface area contributed by atoms with Gasteiger partial charge in [0.2, 0.25) is 5.91 Å². The standard InChI is InChI=1S/C21H27N3O4/c1-4-27-13-14-28-19-11-9-18(10-12-19)23-20(25)15-22-17-7-5-16(6-8-17)21(26)24(2)3/h5-12,22H,4,13-15H2,1-3H3,(H,23,25). The predicted molar refractivity (Wildman–Crippen MR) is 110 cm³/mol. The van der Waals surface area contributed by atoms with Gasteiger partial charge in [-0.15, -0.1) is 0 Å². The van der Waals surface area contributed by atoms with Crippen LogP contribution in [-0.2, 0) is 9.53 Å². The quantitative estimate of drug-likeness (QED) is 0.615. The van der Waals surface area contributed by atoms with Crippen molar-refractivity contribution in [3.05, 3.63) is 54.1 Å². The fourth-order valence-electron chi connectivity index (χ4n) is 2.37. The first-order valence-corrected chi connectivity index (χ1v) is 9.15. The maximum Gasteiger partial charge on any atom is 0.253 e. The highest BCUT2D eigenvalue weighted by atomic mass is 16.5. The van der Waals surface area contributed by atoms with E-state index in [-0.39, 0.29) is 18.4 Å². The van der Waals surface area contributed by atoms with Crippen LogP contribution in [0.5, 0.6) is 5.75 Å². The molecule has 0 radical (unpaired) electrons. The van der Waals surface area contributed by atoms with Crippen LogP contribution in [0.2, 0.25) is 0 Å². The molecule has 7 nitrogen and oxygen atoms in total. The Kier molecular flexibility index (Phi) is 8.30. The monoisotopic (exact) mass is 385 g/mol.